The molecule has 2 aliphatic carbocycles. The van der Waals surface area contributed by atoms with Crippen LogP contribution in [-0.4, -0.2) is 26.3 Å². The second-order valence-corrected chi connectivity index (χ2v) is 4.73. The lowest BCUT2D eigenvalue weighted by Crippen LogP contribution is -2.63. The van der Waals surface area contributed by atoms with Gasteiger partial charge in [0, 0.05) is 18.6 Å². The van der Waals surface area contributed by atoms with Crippen LogP contribution >= 0.6 is 0 Å². The summed E-state index contributed by atoms with van der Waals surface area (Å²) >= 11 is 0. The van der Waals surface area contributed by atoms with E-state index >= 15 is 0 Å². The first-order valence-electron chi connectivity index (χ1n) is 5.44. The van der Waals surface area contributed by atoms with Crippen LogP contribution in [0.25, 0.3) is 0 Å². The Labute approximate surface area is 81.0 Å². The van der Waals surface area contributed by atoms with E-state index in [1.54, 1.807) is 0 Å². The Morgan fingerprint density at radius 1 is 1.46 bits per heavy atom. The van der Waals surface area contributed by atoms with E-state index in [9.17, 15) is 0 Å². The van der Waals surface area contributed by atoms with Crippen LogP contribution < -0.4 is 5.32 Å². The molecule has 2 fully saturated rings. The second kappa shape index (κ2) is 3.25. The van der Waals surface area contributed by atoms with E-state index in [4.69, 9.17) is 4.74 Å². The summed E-state index contributed by atoms with van der Waals surface area (Å²) < 4.78 is 5.54. The van der Waals surface area contributed by atoms with Gasteiger partial charge < -0.3 is 10.1 Å². The van der Waals surface area contributed by atoms with Crippen LogP contribution in [0.3, 0.4) is 0 Å². The molecule has 76 valence electrons. The first-order chi connectivity index (χ1) is 6.24. The van der Waals surface area contributed by atoms with Crippen molar-refractivity contribution in [2.75, 3.05) is 14.2 Å². The van der Waals surface area contributed by atoms with Crippen molar-refractivity contribution in [1.82, 2.24) is 5.32 Å². The lowest BCUT2D eigenvalue weighted by Gasteiger charge is -2.62. The quantitative estimate of drug-likeness (QED) is 0.720. The molecule has 13 heavy (non-hydrogen) atoms. The zero-order valence-corrected chi connectivity index (χ0v) is 8.97. The van der Waals surface area contributed by atoms with Crippen molar-refractivity contribution in [2.45, 2.75) is 44.8 Å². The molecule has 0 amide bonds. The van der Waals surface area contributed by atoms with Crippen LogP contribution in [-0.2, 0) is 4.74 Å². The van der Waals surface area contributed by atoms with Crippen molar-refractivity contribution in [2.24, 2.45) is 11.3 Å². The predicted octanol–water partition coefficient (Wildman–Crippen LogP) is 1.80. The van der Waals surface area contributed by atoms with E-state index in [2.05, 4.69) is 19.3 Å². The topological polar surface area (TPSA) is 21.3 Å². The lowest BCUT2D eigenvalue weighted by atomic mass is 9.46. The maximum absolute atomic E-state index is 5.54. The van der Waals surface area contributed by atoms with E-state index in [0.29, 0.717) is 17.6 Å². The van der Waals surface area contributed by atoms with Gasteiger partial charge >= 0.3 is 0 Å². The van der Waals surface area contributed by atoms with Crippen LogP contribution in [0.1, 0.15) is 32.6 Å². The molecular formula is C11H21NO. The highest BCUT2D eigenvalue weighted by molar-refractivity contribution is 5.10. The van der Waals surface area contributed by atoms with Gasteiger partial charge in [0.15, 0.2) is 0 Å². The summed E-state index contributed by atoms with van der Waals surface area (Å²) in [6.07, 6.45) is 6.01. The fourth-order valence-electron chi connectivity index (χ4n) is 3.29. The molecule has 2 rings (SSSR count). The summed E-state index contributed by atoms with van der Waals surface area (Å²) in [6, 6.07) is 0.659. The van der Waals surface area contributed by atoms with Crippen LogP contribution in [0.2, 0.25) is 0 Å². The number of ether oxygens (including phenoxy) is 1. The molecule has 3 unspecified atom stereocenters. The third-order valence-electron chi connectivity index (χ3n) is 4.48. The van der Waals surface area contributed by atoms with E-state index in [-0.39, 0.29) is 0 Å². The summed E-state index contributed by atoms with van der Waals surface area (Å²) in [4.78, 5) is 0. The Kier molecular flexibility index (Phi) is 2.37. The van der Waals surface area contributed by atoms with Crippen LogP contribution in [0.4, 0.5) is 0 Å². The van der Waals surface area contributed by atoms with Crippen LogP contribution in [0.15, 0.2) is 0 Å². The highest BCUT2D eigenvalue weighted by Gasteiger charge is 2.59. The first-order valence-corrected chi connectivity index (χ1v) is 5.44. The average molecular weight is 183 g/mol. The minimum Gasteiger partial charge on any atom is -0.381 e. The zero-order valence-electron chi connectivity index (χ0n) is 8.97. The molecule has 0 aromatic heterocycles. The smallest absolute Gasteiger partial charge is 0.0634 e. The monoisotopic (exact) mass is 183 g/mol. The lowest BCUT2D eigenvalue weighted by molar-refractivity contribution is -0.192. The summed E-state index contributed by atoms with van der Waals surface area (Å²) in [5, 5.41) is 3.38. The molecule has 0 saturated heterocycles. The van der Waals surface area contributed by atoms with E-state index in [1.807, 2.05) is 7.11 Å². The van der Waals surface area contributed by atoms with Gasteiger partial charge in [0.1, 0.15) is 0 Å². The molecule has 0 aromatic carbocycles. The Morgan fingerprint density at radius 3 is 2.54 bits per heavy atom. The van der Waals surface area contributed by atoms with Gasteiger partial charge in [-0.05, 0) is 39.2 Å². The molecule has 0 aromatic rings. The highest BCUT2D eigenvalue weighted by Crippen LogP contribution is 2.61. The summed E-state index contributed by atoms with van der Waals surface area (Å²) in [5.41, 5.74) is 0.567. The third kappa shape index (κ3) is 1.15. The van der Waals surface area contributed by atoms with Crippen molar-refractivity contribution < 1.29 is 4.74 Å². The second-order valence-electron chi connectivity index (χ2n) is 4.73. The van der Waals surface area contributed by atoms with Gasteiger partial charge in [0.25, 0.3) is 0 Å². The molecule has 3 atom stereocenters. The van der Waals surface area contributed by atoms with Crippen LogP contribution in [0.5, 0.6) is 0 Å². The summed E-state index contributed by atoms with van der Waals surface area (Å²) in [6.45, 7) is 2.30. The summed E-state index contributed by atoms with van der Waals surface area (Å²) in [7, 11) is 3.93. The molecule has 1 N–H and O–H groups in total. The molecule has 0 heterocycles. The van der Waals surface area contributed by atoms with Gasteiger partial charge in [-0.15, -0.1) is 0 Å². The molecule has 0 bridgehead atoms. The van der Waals surface area contributed by atoms with Gasteiger partial charge in [-0.25, -0.2) is 0 Å². The number of hydrogen-bond donors (Lipinski definition) is 1. The van der Waals surface area contributed by atoms with Crippen molar-refractivity contribution in [3.8, 4) is 0 Å². The van der Waals surface area contributed by atoms with Crippen LogP contribution in [0, 0.1) is 11.3 Å². The number of methoxy groups -OCH3 is 1. The Hall–Kier alpha value is -0.0800. The van der Waals surface area contributed by atoms with Crippen molar-refractivity contribution in [1.29, 1.82) is 0 Å². The Balaban J connectivity index is 2.01. The molecular weight excluding hydrogens is 162 g/mol. The Bertz CT molecular complexity index is 189. The van der Waals surface area contributed by atoms with Crippen molar-refractivity contribution in [3.05, 3.63) is 0 Å². The SMILES string of the molecule is CNC(C)C1CC(OC)C12CCC2. The largest absolute Gasteiger partial charge is 0.381 e. The van der Waals surface area contributed by atoms with E-state index in [1.165, 1.54) is 25.7 Å². The number of nitrogens with one attached hydrogen (secondary N) is 1. The molecule has 0 aliphatic heterocycles. The molecule has 2 saturated carbocycles. The fourth-order valence-corrected chi connectivity index (χ4v) is 3.29. The predicted molar refractivity (Wildman–Crippen MR) is 53.7 cm³/mol. The first kappa shape index (κ1) is 9.47. The van der Waals surface area contributed by atoms with E-state index < -0.39 is 0 Å². The molecule has 0 radical (unpaired) electrons. The normalized spacial score (nSPS) is 38.1. The highest BCUT2D eigenvalue weighted by atomic mass is 16.5. The van der Waals surface area contributed by atoms with E-state index in [0.717, 1.165) is 5.92 Å². The maximum atomic E-state index is 5.54. The Morgan fingerprint density at radius 2 is 2.15 bits per heavy atom. The van der Waals surface area contributed by atoms with Crippen molar-refractivity contribution >= 4 is 0 Å². The molecule has 2 aliphatic rings. The van der Waals surface area contributed by atoms with Gasteiger partial charge in [-0.2, -0.15) is 0 Å². The van der Waals surface area contributed by atoms with Crippen molar-refractivity contribution in [3.63, 3.8) is 0 Å². The van der Waals surface area contributed by atoms with Gasteiger partial charge in [0.2, 0.25) is 0 Å². The minimum atomic E-state index is 0.557. The standard InChI is InChI=1S/C11H21NO/c1-8(12-2)9-7-10(13-3)11(9)5-4-6-11/h8-10,12H,4-7H2,1-3H3. The summed E-state index contributed by atoms with van der Waals surface area (Å²) in [5.74, 6) is 0.858. The van der Waals surface area contributed by atoms with Gasteiger partial charge in [-0.1, -0.05) is 6.42 Å². The fraction of sp³-hybridized carbons (Fsp3) is 1.00. The molecule has 2 nitrogen and oxygen atoms in total. The average Bonchev–Trinajstić information content (AvgIpc) is 2.00. The van der Waals surface area contributed by atoms with Gasteiger partial charge in [0.05, 0.1) is 6.10 Å². The zero-order chi connectivity index (χ0) is 9.47. The minimum absolute atomic E-state index is 0.557. The number of hydrogen-bond acceptors (Lipinski definition) is 2. The van der Waals surface area contributed by atoms with Gasteiger partial charge in [-0.3, -0.25) is 0 Å². The molecule has 2 heteroatoms. The maximum Gasteiger partial charge on any atom is 0.0634 e. The molecule has 1 spiro atoms. The number of rotatable bonds is 3. The third-order valence-corrected chi connectivity index (χ3v) is 4.48.